The molecule has 13 heavy (non-hydrogen) atoms. The fraction of sp³-hybridized carbons (Fsp3) is 0.125. The van der Waals surface area contributed by atoms with Gasteiger partial charge in [0.2, 0.25) is 0 Å². The minimum absolute atomic E-state index is 0.130. The van der Waals surface area contributed by atoms with Gasteiger partial charge in [0.1, 0.15) is 0 Å². The summed E-state index contributed by atoms with van der Waals surface area (Å²) in [4.78, 5) is 19.5. The van der Waals surface area contributed by atoms with Gasteiger partial charge in [0.25, 0.3) is 5.56 Å². The summed E-state index contributed by atoms with van der Waals surface area (Å²) in [7, 11) is 0. The predicted molar refractivity (Wildman–Crippen MR) is 47.1 cm³/mol. The van der Waals surface area contributed by atoms with Crippen molar-refractivity contribution in [1.82, 2.24) is 14.4 Å². The Morgan fingerprint density at radius 1 is 1.46 bits per heavy atom. The molecule has 2 rings (SSSR count). The molecule has 0 aliphatic carbocycles. The van der Waals surface area contributed by atoms with E-state index in [9.17, 15) is 4.79 Å². The van der Waals surface area contributed by atoms with E-state index in [-0.39, 0.29) is 12.1 Å². The molecule has 0 saturated carbocycles. The summed E-state index contributed by atoms with van der Waals surface area (Å²) in [5, 5.41) is 0. The molecular formula is C8H8N4O. The molecule has 0 radical (unpaired) electrons. The van der Waals surface area contributed by atoms with Crippen molar-refractivity contribution >= 4 is 5.65 Å². The van der Waals surface area contributed by atoms with Crippen molar-refractivity contribution in [3.05, 3.63) is 40.7 Å². The highest BCUT2D eigenvalue weighted by molar-refractivity contribution is 5.34. The second-order valence-corrected chi connectivity index (χ2v) is 2.60. The molecule has 0 saturated heterocycles. The molecule has 0 aliphatic heterocycles. The maximum atomic E-state index is 11.6. The minimum Gasteiger partial charge on any atom is -0.326 e. The van der Waals surface area contributed by atoms with Crippen LogP contribution in [0.15, 0.2) is 29.6 Å². The first-order valence-corrected chi connectivity index (χ1v) is 3.83. The molecule has 0 fully saturated rings. The summed E-state index contributed by atoms with van der Waals surface area (Å²) in [6, 6.07) is 0. The molecule has 5 nitrogen and oxygen atoms in total. The van der Waals surface area contributed by atoms with Gasteiger partial charge in [-0.1, -0.05) is 0 Å². The molecule has 66 valence electrons. The number of hydrogen-bond acceptors (Lipinski definition) is 4. The van der Waals surface area contributed by atoms with Gasteiger partial charge in [0.15, 0.2) is 5.65 Å². The quantitative estimate of drug-likeness (QED) is 0.638. The lowest BCUT2D eigenvalue weighted by atomic mass is 10.3. The Kier molecular flexibility index (Phi) is 1.79. The molecule has 0 spiro atoms. The average Bonchev–Trinajstić information content (AvgIpc) is 2.19. The summed E-state index contributed by atoms with van der Waals surface area (Å²) in [6.07, 6.45) is 6.13. The summed E-state index contributed by atoms with van der Waals surface area (Å²) in [6.45, 7) is 0.205. The first-order valence-electron chi connectivity index (χ1n) is 3.83. The van der Waals surface area contributed by atoms with Crippen LogP contribution < -0.4 is 11.3 Å². The summed E-state index contributed by atoms with van der Waals surface area (Å²) >= 11 is 0. The van der Waals surface area contributed by atoms with Gasteiger partial charge in [-0.25, -0.2) is 4.98 Å². The zero-order valence-electron chi connectivity index (χ0n) is 6.84. The Hall–Kier alpha value is -1.75. The van der Waals surface area contributed by atoms with Gasteiger partial charge in [-0.3, -0.25) is 14.2 Å². The summed E-state index contributed by atoms with van der Waals surface area (Å²) in [5.74, 6) is 0. The topological polar surface area (TPSA) is 73.3 Å². The van der Waals surface area contributed by atoms with E-state index in [1.54, 1.807) is 6.20 Å². The summed E-state index contributed by atoms with van der Waals surface area (Å²) in [5.41, 5.74) is 6.28. The third-order valence-corrected chi connectivity index (χ3v) is 1.80. The van der Waals surface area contributed by atoms with Crippen molar-refractivity contribution < 1.29 is 0 Å². The van der Waals surface area contributed by atoms with E-state index in [1.165, 1.54) is 23.0 Å². The van der Waals surface area contributed by atoms with Crippen LogP contribution >= 0.6 is 0 Å². The standard InChI is InChI=1S/C8H8N4O/c9-3-6-4-11-7-5-10-1-2-12(7)8(6)13/h1-2,4-5H,3,9H2. The van der Waals surface area contributed by atoms with E-state index in [0.29, 0.717) is 11.2 Å². The van der Waals surface area contributed by atoms with Crippen molar-refractivity contribution in [3.8, 4) is 0 Å². The molecule has 2 N–H and O–H groups in total. The van der Waals surface area contributed by atoms with Crippen LogP contribution in [-0.4, -0.2) is 14.4 Å². The first kappa shape index (κ1) is 7.88. The lowest BCUT2D eigenvalue weighted by molar-refractivity contribution is 0.935. The number of aromatic nitrogens is 3. The zero-order valence-corrected chi connectivity index (χ0v) is 6.84. The van der Waals surface area contributed by atoms with Crippen LogP contribution in [0.2, 0.25) is 0 Å². The lowest BCUT2D eigenvalue weighted by Crippen LogP contribution is -2.21. The van der Waals surface area contributed by atoms with E-state index < -0.39 is 0 Å². The molecule has 0 aliphatic rings. The largest absolute Gasteiger partial charge is 0.326 e. The first-order chi connectivity index (χ1) is 6.33. The second-order valence-electron chi connectivity index (χ2n) is 2.60. The van der Waals surface area contributed by atoms with Gasteiger partial charge >= 0.3 is 0 Å². The number of nitrogens with two attached hydrogens (primary N) is 1. The highest BCUT2D eigenvalue weighted by Gasteiger charge is 2.01. The molecule has 2 aromatic heterocycles. The predicted octanol–water partition coefficient (Wildman–Crippen LogP) is -0.452. The molecule has 2 aromatic rings. The number of nitrogens with zero attached hydrogens (tertiary/aromatic N) is 3. The number of hydrogen-bond donors (Lipinski definition) is 1. The Bertz CT molecular complexity index is 491. The van der Waals surface area contributed by atoms with Gasteiger partial charge in [0.05, 0.1) is 6.20 Å². The molecule has 5 heteroatoms. The monoisotopic (exact) mass is 176 g/mol. The lowest BCUT2D eigenvalue weighted by Gasteiger charge is -1.99. The van der Waals surface area contributed by atoms with Gasteiger partial charge in [-0.15, -0.1) is 0 Å². The minimum atomic E-state index is -0.130. The number of rotatable bonds is 1. The zero-order chi connectivity index (χ0) is 9.26. The van der Waals surface area contributed by atoms with E-state index in [2.05, 4.69) is 9.97 Å². The fourth-order valence-corrected chi connectivity index (χ4v) is 1.11. The van der Waals surface area contributed by atoms with Gasteiger partial charge < -0.3 is 5.73 Å². The highest BCUT2D eigenvalue weighted by atomic mass is 16.1. The molecule has 0 bridgehead atoms. The van der Waals surface area contributed by atoms with Crippen molar-refractivity contribution in [2.45, 2.75) is 6.54 Å². The maximum absolute atomic E-state index is 11.6. The van der Waals surface area contributed by atoms with Crippen LogP contribution in [0.4, 0.5) is 0 Å². The third-order valence-electron chi connectivity index (χ3n) is 1.80. The smallest absolute Gasteiger partial charge is 0.262 e. The van der Waals surface area contributed by atoms with Crippen LogP contribution in [0.3, 0.4) is 0 Å². The molecule has 0 unspecified atom stereocenters. The second kappa shape index (κ2) is 2.95. The maximum Gasteiger partial charge on any atom is 0.262 e. The average molecular weight is 176 g/mol. The van der Waals surface area contributed by atoms with Gasteiger partial charge in [-0.05, 0) is 0 Å². The van der Waals surface area contributed by atoms with Crippen molar-refractivity contribution in [3.63, 3.8) is 0 Å². The summed E-state index contributed by atoms with van der Waals surface area (Å²) < 4.78 is 1.43. The van der Waals surface area contributed by atoms with E-state index in [0.717, 1.165) is 0 Å². The van der Waals surface area contributed by atoms with Crippen LogP contribution in [0.5, 0.6) is 0 Å². The van der Waals surface area contributed by atoms with Crippen molar-refractivity contribution in [2.24, 2.45) is 5.73 Å². The van der Waals surface area contributed by atoms with Crippen LogP contribution in [0.1, 0.15) is 5.56 Å². The van der Waals surface area contributed by atoms with Gasteiger partial charge in [-0.2, -0.15) is 0 Å². The highest BCUT2D eigenvalue weighted by Crippen LogP contribution is 1.93. The Morgan fingerprint density at radius 2 is 2.31 bits per heavy atom. The Labute approximate surface area is 73.9 Å². The van der Waals surface area contributed by atoms with Crippen LogP contribution in [-0.2, 0) is 6.54 Å². The molecule has 0 amide bonds. The molecular weight excluding hydrogens is 168 g/mol. The molecule has 2 heterocycles. The molecule has 0 aromatic carbocycles. The molecule has 0 atom stereocenters. The Morgan fingerprint density at radius 3 is 3.08 bits per heavy atom. The number of fused-ring (bicyclic) bond motifs is 1. The van der Waals surface area contributed by atoms with Crippen LogP contribution in [0, 0.1) is 0 Å². The van der Waals surface area contributed by atoms with Gasteiger partial charge in [0, 0.05) is 30.7 Å². The van der Waals surface area contributed by atoms with Crippen molar-refractivity contribution in [2.75, 3.05) is 0 Å². The Balaban J connectivity index is 2.87. The fourth-order valence-electron chi connectivity index (χ4n) is 1.11. The van der Waals surface area contributed by atoms with Crippen LogP contribution in [0.25, 0.3) is 5.65 Å². The van der Waals surface area contributed by atoms with E-state index >= 15 is 0 Å². The van der Waals surface area contributed by atoms with E-state index in [1.807, 2.05) is 0 Å². The van der Waals surface area contributed by atoms with Crippen molar-refractivity contribution in [1.29, 1.82) is 0 Å². The third kappa shape index (κ3) is 1.19. The SMILES string of the molecule is NCc1cnc2cnccn2c1=O. The van der Waals surface area contributed by atoms with E-state index in [4.69, 9.17) is 5.73 Å². The normalized spacial score (nSPS) is 10.5.